The van der Waals surface area contributed by atoms with Crippen LogP contribution in [0, 0.1) is 24.6 Å². The fraction of sp³-hybridized carbons (Fsp3) is 0.522. The second-order valence-electron chi connectivity index (χ2n) is 8.71. The molecule has 34 heavy (non-hydrogen) atoms. The number of likely N-dealkylation sites (N-methyl/N-ethyl adjacent to an activating group) is 1. The molecule has 1 fully saturated rings. The van der Waals surface area contributed by atoms with E-state index in [1.54, 1.807) is 31.3 Å². The summed E-state index contributed by atoms with van der Waals surface area (Å²) in [5.74, 6) is -1.11. The number of hydrazine groups is 1. The lowest BCUT2D eigenvalue weighted by Crippen LogP contribution is -2.41. The van der Waals surface area contributed by atoms with E-state index in [0.717, 1.165) is 31.2 Å². The van der Waals surface area contributed by atoms with Gasteiger partial charge in [0.05, 0.1) is 12.5 Å². The third kappa shape index (κ3) is 7.08. The highest BCUT2D eigenvalue weighted by Gasteiger charge is 2.27. The largest absolute Gasteiger partial charge is 0.357 e. The highest BCUT2D eigenvalue weighted by molar-refractivity contribution is 5.80. The molecule has 1 saturated carbocycles. The lowest BCUT2D eigenvalue weighted by Gasteiger charge is -2.23. The Hall–Kier alpha value is -3.34. The van der Waals surface area contributed by atoms with E-state index in [9.17, 15) is 14.8 Å². The van der Waals surface area contributed by atoms with Crippen LogP contribution in [0.1, 0.15) is 43.5 Å². The number of amides is 2. The quantitative estimate of drug-likeness (QED) is 0.244. The van der Waals surface area contributed by atoms with E-state index in [1.807, 2.05) is 12.1 Å². The van der Waals surface area contributed by atoms with Crippen molar-refractivity contribution < 1.29 is 19.2 Å². The smallest absolute Gasteiger partial charge is 0.243 e. The van der Waals surface area contributed by atoms with Crippen LogP contribution in [0.3, 0.4) is 0 Å². The third-order valence-electron chi connectivity index (χ3n) is 6.09. The second-order valence-corrected chi connectivity index (χ2v) is 8.71. The Morgan fingerprint density at radius 1 is 1.29 bits per heavy atom. The average molecular weight is 474 g/mol. The summed E-state index contributed by atoms with van der Waals surface area (Å²) < 4.78 is 15.2. The zero-order valence-corrected chi connectivity index (χ0v) is 19.6. The van der Waals surface area contributed by atoms with Crippen molar-refractivity contribution in [2.45, 2.75) is 45.4 Å². The number of nitrogens with zero attached hydrogens (tertiary/aromatic N) is 5. The first-order chi connectivity index (χ1) is 16.4. The third-order valence-corrected chi connectivity index (χ3v) is 6.09. The van der Waals surface area contributed by atoms with Crippen LogP contribution in [0.2, 0.25) is 0 Å². The van der Waals surface area contributed by atoms with E-state index in [4.69, 9.17) is 0 Å². The summed E-state index contributed by atoms with van der Waals surface area (Å²) in [4.78, 5) is 37.7. The molecule has 1 atom stereocenters. The number of carbonyl (C=O) groups is 2. The Bertz CT molecular complexity index is 957. The Morgan fingerprint density at radius 3 is 2.68 bits per heavy atom. The van der Waals surface area contributed by atoms with Crippen LogP contribution in [0.4, 0.5) is 16.0 Å². The number of rotatable bonds is 12. The summed E-state index contributed by atoms with van der Waals surface area (Å²) in [7, 11) is 1.74. The predicted octanol–water partition coefficient (Wildman–Crippen LogP) is 2.49. The molecular formula is C23H32FN7O3. The number of nitrogens with one attached hydrogen (secondary N) is 2. The van der Waals surface area contributed by atoms with Crippen LogP contribution < -0.4 is 15.8 Å². The molecule has 0 radical (unpaired) electrons. The van der Waals surface area contributed by atoms with Crippen LogP contribution in [0.5, 0.6) is 0 Å². The van der Waals surface area contributed by atoms with E-state index in [1.165, 1.54) is 0 Å². The summed E-state index contributed by atoms with van der Waals surface area (Å²) in [5.41, 5.74) is 6.14. The summed E-state index contributed by atoms with van der Waals surface area (Å²) in [5, 5.41) is 10.1. The molecule has 3 rings (SSSR count). The van der Waals surface area contributed by atoms with E-state index in [0.29, 0.717) is 36.2 Å². The maximum Gasteiger partial charge on any atom is 0.243 e. The van der Waals surface area contributed by atoms with E-state index < -0.39 is 17.6 Å². The van der Waals surface area contributed by atoms with Gasteiger partial charge in [0.25, 0.3) is 0 Å². The Kier molecular flexibility index (Phi) is 9.08. The molecule has 0 unspecified atom stereocenters. The average Bonchev–Trinajstić information content (AvgIpc) is 3.35. The van der Waals surface area contributed by atoms with Crippen LogP contribution in [-0.2, 0) is 16.0 Å². The van der Waals surface area contributed by atoms with Crippen LogP contribution >= 0.6 is 0 Å². The number of aromatic nitrogens is 3. The zero-order valence-electron chi connectivity index (χ0n) is 19.6. The lowest BCUT2D eigenvalue weighted by molar-refractivity contribution is -0.154. The summed E-state index contributed by atoms with van der Waals surface area (Å²) in [6.07, 6.45) is 9.14. The van der Waals surface area contributed by atoms with Crippen molar-refractivity contribution in [3.8, 4) is 0 Å². The minimum Gasteiger partial charge on any atom is -0.357 e. The van der Waals surface area contributed by atoms with Crippen molar-refractivity contribution in [1.29, 1.82) is 0 Å². The molecule has 2 heterocycles. The molecule has 184 valence electrons. The number of anilines is 2. The number of halogens is 1. The highest BCUT2D eigenvalue weighted by Crippen LogP contribution is 2.30. The molecule has 0 saturated heterocycles. The fourth-order valence-electron chi connectivity index (χ4n) is 4.24. The van der Waals surface area contributed by atoms with Gasteiger partial charge < -0.3 is 4.90 Å². The summed E-state index contributed by atoms with van der Waals surface area (Å²) in [6, 6.07) is 3.80. The van der Waals surface area contributed by atoms with Crippen molar-refractivity contribution in [3.05, 3.63) is 41.7 Å². The molecule has 1 aliphatic rings. The molecule has 2 aromatic rings. The number of hydrogen-bond acceptors (Lipinski definition) is 8. The standard InChI is InChI=1S/C23H32FN7O3/c1-16-26-21(20(24)22(27-16)30(2)12-9-17-7-10-25-11-8-17)28-29-23(33)19(14-31(34)15-32)13-18-5-3-4-6-18/h7-8,10-11,15,18-19,34H,3-6,9,12-14H2,1-2H3,(H,29,33)(H,26,27,28)/t19-/m0/s1. The zero-order chi connectivity index (χ0) is 24.5. The first-order valence-corrected chi connectivity index (χ1v) is 11.5. The van der Waals surface area contributed by atoms with Crippen molar-refractivity contribution in [2.24, 2.45) is 11.8 Å². The van der Waals surface area contributed by atoms with E-state index in [-0.39, 0.29) is 24.6 Å². The van der Waals surface area contributed by atoms with E-state index >= 15 is 4.39 Å². The fourth-order valence-corrected chi connectivity index (χ4v) is 4.24. The molecule has 2 amide bonds. The van der Waals surface area contributed by atoms with Crippen molar-refractivity contribution >= 4 is 24.0 Å². The maximum absolute atomic E-state index is 15.2. The lowest BCUT2D eigenvalue weighted by atomic mass is 9.92. The molecule has 2 aromatic heterocycles. The van der Waals surface area contributed by atoms with Crippen molar-refractivity contribution in [1.82, 2.24) is 25.4 Å². The van der Waals surface area contributed by atoms with Gasteiger partial charge in [0.15, 0.2) is 11.6 Å². The van der Waals surface area contributed by atoms with Gasteiger partial charge in [0.1, 0.15) is 5.82 Å². The number of carbonyl (C=O) groups excluding carboxylic acids is 2. The van der Waals surface area contributed by atoms with Crippen molar-refractivity contribution in [2.75, 3.05) is 30.5 Å². The van der Waals surface area contributed by atoms with Crippen LogP contribution in [-0.4, -0.2) is 57.7 Å². The van der Waals surface area contributed by atoms with Gasteiger partial charge in [-0.15, -0.1) is 0 Å². The summed E-state index contributed by atoms with van der Waals surface area (Å²) >= 11 is 0. The van der Waals surface area contributed by atoms with Crippen LogP contribution in [0.15, 0.2) is 24.5 Å². The van der Waals surface area contributed by atoms with Gasteiger partial charge in [0.2, 0.25) is 18.1 Å². The molecule has 3 N–H and O–H groups in total. The molecule has 1 aliphatic carbocycles. The SMILES string of the molecule is Cc1nc(NNC(=O)[C@@H](CC2CCCC2)CN(O)C=O)c(F)c(N(C)CCc2ccncc2)n1. The first-order valence-electron chi connectivity index (χ1n) is 11.5. The summed E-state index contributed by atoms with van der Waals surface area (Å²) in [6.45, 7) is 2.02. The van der Waals surface area contributed by atoms with Crippen molar-refractivity contribution in [3.63, 3.8) is 0 Å². The number of hydroxylamine groups is 2. The monoisotopic (exact) mass is 473 g/mol. The molecule has 0 aliphatic heterocycles. The number of pyridine rings is 1. The number of aryl methyl sites for hydroxylation is 1. The van der Waals surface area contributed by atoms with E-state index in [2.05, 4.69) is 25.8 Å². The highest BCUT2D eigenvalue weighted by atomic mass is 19.1. The van der Waals surface area contributed by atoms with Gasteiger partial charge in [-0.2, -0.15) is 4.39 Å². The Balaban J connectivity index is 1.65. The minimum absolute atomic E-state index is 0.114. The topological polar surface area (TPSA) is 124 Å². The molecule has 0 aromatic carbocycles. The first kappa shape index (κ1) is 25.3. The molecule has 0 spiro atoms. The number of hydrogen-bond donors (Lipinski definition) is 3. The van der Waals surface area contributed by atoms with Crippen LogP contribution in [0.25, 0.3) is 0 Å². The van der Waals surface area contributed by atoms with Gasteiger partial charge in [-0.05, 0) is 43.4 Å². The second kappa shape index (κ2) is 12.2. The normalized spacial score (nSPS) is 14.5. The van der Waals surface area contributed by atoms with Gasteiger partial charge in [-0.1, -0.05) is 25.7 Å². The molecule has 10 nitrogen and oxygen atoms in total. The molecule has 0 bridgehead atoms. The maximum atomic E-state index is 15.2. The predicted molar refractivity (Wildman–Crippen MR) is 124 cm³/mol. The van der Waals surface area contributed by atoms with Gasteiger partial charge in [0, 0.05) is 26.0 Å². The van der Waals surface area contributed by atoms with Gasteiger partial charge in [-0.3, -0.25) is 30.6 Å². The molecular weight excluding hydrogens is 441 g/mol. The Labute approximate surface area is 198 Å². The minimum atomic E-state index is -0.688. The van der Waals surface area contributed by atoms with Gasteiger partial charge >= 0.3 is 0 Å². The molecule has 11 heteroatoms. The van der Waals surface area contributed by atoms with Gasteiger partial charge in [-0.25, -0.2) is 15.0 Å². The Morgan fingerprint density at radius 2 is 2.00 bits per heavy atom.